The summed E-state index contributed by atoms with van der Waals surface area (Å²) >= 11 is 0. The fraction of sp³-hybridized carbons (Fsp3) is 0.289. The zero-order valence-corrected chi connectivity index (χ0v) is 30.0. The van der Waals surface area contributed by atoms with Gasteiger partial charge in [0.25, 0.3) is 0 Å². The minimum absolute atomic E-state index is 0.0291. The van der Waals surface area contributed by atoms with E-state index in [1.165, 1.54) is 74.3 Å². The van der Waals surface area contributed by atoms with Gasteiger partial charge in [-0.3, -0.25) is 0 Å². The van der Waals surface area contributed by atoms with Crippen molar-refractivity contribution < 1.29 is 4.42 Å². The second-order valence-electron chi connectivity index (χ2n) is 16.0. The van der Waals surface area contributed by atoms with Gasteiger partial charge in [0.05, 0.1) is 16.9 Å². The largest absolute Gasteiger partial charge is 0.469 e. The Hall–Kier alpha value is -4.70. The van der Waals surface area contributed by atoms with Gasteiger partial charge < -0.3 is 14.3 Å². The standard InChI is InChI=1S/C45H46BN2O/c1-8-9-10-15-28-20-23-30(24-21-28)47-36-18-13-11-16-31(36)33-27-35(45(5,6)7)39-32-17-12-14-19-37(32)48-41-34-26-29(44(2,3)4)22-25-38(34)49-43(41)46-40(33)42(39)48/h11-14,16-27,47H,8-10,15H2,1-7H3. The third-order valence-corrected chi connectivity index (χ3v) is 10.4. The first-order chi connectivity index (χ1) is 23.5. The fourth-order valence-corrected chi connectivity index (χ4v) is 7.73. The highest BCUT2D eigenvalue weighted by molar-refractivity contribution is 6.73. The number of furan rings is 1. The van der Waals surface area contributed by atoms with E-state index in [1.54, 1.807) is 0 Å². The molecule has 1 aliphatic rings. The van der Waals surface area contributed by atoms with E-state index in [-0.39, 0.29) is 10.8 Å². The molecule has 8 rings (SSSR count). The molecular formula is C45H46BN2O. The van der Waals surface area contributed by atoms with Crippen molar-refractivity contribution in [2.45, 2.75) is 85.0 Å². The van der Waals surface area contributed by atoms with Gasteiger partial charge >= 0.3 is 0 Å². The van der Waals surface area contributed by atoms with Crippen molar-refractivity contribution in [2.75, 3.05) is 5.32 Å². The maximum absolute atomic E-state index is 6.73. The number of rotatable bonds is 7. The van der Waals surface area contributed by atoms with E-state index in [1.807, 2.05) is 0 Å². The Balaban J connectivity index is 1.37. The number of unbranched alkanes of at least 4 members (excludes halogenated alkanes) is 2. The summed E-state index contributed by atoms with van der Waals surface area (Å²) in [5.74, 6) is 0. The lowest BCUT2D eigenvalue weighted by atomic mass is 9.61. The second kappa shape index (κ2) is 11.7. The lowest BCUT2D eigenvalue weighted by Crippen LogP contribution is -2.36. The van der Waals surface area contributed by atoms with Crippen molar-refractivity contribution in [2.24, 2.45) is 0 Å². The molecule has 49 heavy (non-hydrogen) atoms. The molecule has 0 fully saturated rings. The van der Waals surface area contributed by atoms with E-state index in [9.17, 15) is 0 Å². The van der Waals surface area contributed by atoms with Crippen LogP contribution in [0.3, 0.4) is 0 Å². The molecule has 0 saturated carbocycles. The second-order valence-corrected chi connectivity index (χ2v) is 16.0. The summed E-state index contributed by atoms with van der Waals surface area (Å²) < 4.78 is 9.23. The zero-order valence-electron chi connectivity index (χ0n) is 30.0. The number of hydrogen-bond acceptors (Lipinski definition) is 2. The fourth-order valence-electron chi connectivity index (χ4n) is 7.73. The normalized spacial score (nSPS) is 12.9. The first kappa shape index (κ1) is 31.6. The van der Waals surface area contributed by atoms with Crippen LogP contribution in [0.2, 0.25) is 0 Å². The maximum atomic E-state index is 6.73. The van der Waals surface area contributed by atoms with Gasteiger partial charge in [0.1, 0.15) is 5.58 Å². The van der Waals surface area contributed by atoms with Crippen molar-refractivity contribution >= 4 is 62.6 Å². The Morgan fingerprint density at radius 3 is 2.24 bits per heavy atom. The van der Waals surface area contributed by atoms with Gasteiger partial charge in [-0.05, 0) is 87.8 Å². The Morgan fingerprint density at radius 2 is 1.49 bits per heavy atom. The molecule has 0 unspecified atom stereocenters. The van der Waals surface area contributed by atoms with E-state index in [2.05, 4.69) is 163 Å². The predicted octanol–water partition coefficient (Wildman–Crippen LogP) is 11.2. The van der Waals surface area contributed by atoms with Gasteiger partial charge in [-0.15, -0.1) is 0 Å². The molecule has 5 aromatic carbocycles. The van der Waals surface area contributed by atoms with E-state index in [4.69, 9.17) is 4.42 Å². The van der Waals surface area contributed by atoms with Crippen LogP contribution < -0.4 is 16.4 Å². The lowest BCUT2D eigenvalue weighted by Gasteiger charge is -2.27. The molecule has 2 aromatic heterocycles. The quantitative estimate of drug-likeness (QED) is 0.139. The molecule has 1 N–H and O–H groups in total. The van der Waals surface area contributed by atoms with Crippen molar-refractivity contribution in [3.8, 4) is 16.8 Å². The number of fused-ring (bicyclic) bond motifs is 7. The molecule has 1 aliphatic heterocycles. The highest BCUT2D eigenvalue weighted by atomic mass is 16.3. The van der Waals surface area contributed by atoms with Gasteiger partial charge in [0, 0.05) is 38.6 Å². The minimum Gasteiger partial charge on any atom is -0.469 e. The van der Waals surface area contributed by atoms with Crippen LogP contribution in [0.5, 0.6) is 0 Å². The monoisotopic (exact) mass is 641 g/mol. The summed E-state index contributed by atoms with van der Waals surface area (Å²) in [6, 6.07) is 35.8. The van der Waals surface area contributed by atoms with Crippen LogP contribution in [0.4, 0.5) is 11.4 Å². The Labute approximate surface area is 291 Å². The van der Waals surface area contributed by atoms with Crippen molar-refractivity contribution in [1.29, 1.82) is 0 Å². The molecule has 245 valence electrons. The molecule has 4 heteroatoms. The van der Waals surface area contributed by atoms with Crippen LogP contribution in [0, 0.1) is 0 Å². The van der Waals surface area contributed by atoms with E-state index < -0.39 is 0 Å². The third-order valence-electron chi connectivity index (χ3n) is 10.4. The molecule has 3 heterocycles. The summed E-state index contributed by atoms with van der Waals surface area (Å²) in [7, 11) is 2.30. The van der Waals surface area contributed by atoms with Crippen LogP contribution >= 0.6 is 0 Å². The highest BCUT2D eigenvalue weighted by Gasteiger charge is 2.34. The molecule has 0 amide bonds. The average molecular weight is 642 g/mol. The summed E-state index contributed by atoms with van der Waals surface area (Å²) in [5.41, 5.74) is 15.2. The Kier molecular flexibility index (Phi) is 7.55. The SMILES string of the molecule is CCCCCc1ccc(Nc2ccccc2-c2cc(C(C)(C)C)c3c4ccccc4n4c3c2[B]c2oc3ccc(C(C)(C)C)cc3c2-4)cc1. The maximum Gasteiger partial charge on any atom is 0.247 e. The number of aromatic nitrogens is 1. The van der Waals surface area contributed by atoms with E-state index >= 15 is 0 Å². The number of para-hydroxylation sites is 2. The number of hydrogen-bond donors (Lipinski definition) is 1. The van der Waals surface area contributed by atoms with Crippen LogP contribution in [0.25, 0.3) is 49.6 Å². The van der Waals surface area contributed by atoms with Crippen molar-refractivity contribution in [3.05, 3.63) is 114 Å². The van der Waals surface area contributed by atoms with Gasteiger partial charge in [0.2, 0.25) is 7.28 Å². The van der Waals surface area contributed by atoms with Gasteiger partial charge in [0.15, 0.2) is 0 Å². The molecule has 0 bridgehead atoms. The van der Waals surface area contributed by atoms with Crippen LogP contribution in [-0.2, 0) is 17.3 Å². The van der Waals surface area contributed by atoms with Gasteiger partial charge in [-0.1, -0.05) is 122 Å². The topological polar surface area (TPSA) is 30.1 Å². The molecule has 0 atom stereocenters. The predicted molar refractivity (Wildman–Crippen MR) is 211 cm³/mol. The lowest BCUT2D eigenvalue weighted by molar-refractivity contribution is 0.590. The smallest absolute Gasteiger partial charge is 0.247 e. The first-order valence-corrected chi connectivity index (χ1v) is 18.0. The third kappa shape index (κ3) is 5.37. The van der Waals surface area contributed by atoms with Crippen LogP contribution in [-0.4, -0.2) is 11.8 Å². The highest BCUT2D eigenvalue weighted by Crippen LogP contribution is 2.44. The number of aryl methyl sites for hydroxylation is 1. The minimum atomic E-state index is -0.0869. The molecule has 0 saturated heterocycles. The van der Waals surface area contributed by atoms with E-state index in [0.717, 1.165) is 40.1 Å². The molecule has 7 aromatic rings. The van der Waals surface area contributed by atoms with Crippen molar-refractivity contribution in [1.82, 2.24) is 4.57 Å². The molecule has 0 aliphatic carbocycles. The number of benzene rings is 5. The van der Waals surface area contributed by atoms with Crippen LogP contribution in [0.1, 0.15) is 84.4 Å². The number of nitrogens with one attached hydrogen (secondary N) is 1. The Morgan fingerprint density at radius 1 is 0.735 bits per heavy atom. The van der Waals surface area contributed by atoms with Crippen LogP contribution in [0.15, 0.2) is 101 Å². The van der Waals surface area contributed by atoms with Crippen molar-refractivity contribution in [3.63, 3.8) is 0 Å². The summed E-state index contributed by atoms with van der Waals surface area (Å²) in [6.45, 7) is 16.1. The molecule has 3 nitrogen and oxygen atoms in total. The van der Waals surface area contributed by atoms with Gasteiger partial charge in [-0.25, -0.2) is 0 Å². The zero-order chi connectivity index (χ0) is 34.1. The average Bonchev–Trinajstić information content (AvgIpc) is 3.61. The number of anilines is 2. The number of nitrogens with zero attached hydrogens (tertiary/aromatic N) is 1. The van der Waals surface area contributed by atoms with E-state index in [0.29, 0.717) is 0 Å². The first-order valence-electron chi connectivity index (χ1n) is 18.0. The molecular weight excluding hydrogens is 595 g/mol. The van der Waals surface area contributed by atoms with Gasteiger partial charge in [-0.2, -0.15) is 0 Å². The molecule has 1 radical (unpaired) electrons. The molecule has 0 spiro atoms. The summed E-state index contributed by atoms with van der Waals surface area (Å²) in [4.78, 5) is 0. The summed E-state index contributed by atoms with van der Waals surface area (Å²) in [5, 5.41) is 7.57. The summed E-state index contributed by atoms with van der Waals surface area (Å²) in [6.07, 6.45) is 4.90. The Bertz CT molecular complexity index is 2360.